The van der Waals surface area contributed by atoms with Crippen LogP contribution in [0.15, 0.2) is 36.4 Å². The number of carboxylic acids is 1. The number of hydrogen-bond donors (Lipinski definition) is 1. The van der Waals surface area contributed by atoms with Crippen LogP contribution < -0.4 is 0 Å². The van der Waals surface area contributed by atoms with Crippen LogP contribution >= 0.6 is 22.9 Å². The highest BCUT2D eigenvalue weighted by molar-refractivity contribution is 7.15. The van der Waals surface area contributed by atoms with Crippen LogP contribution in [0, 0.1) is 11.8 Å². The van der Waals surface area contributed by atoms with E-state index in [0.717, 1.165) is 24.5 Å². The Labute approximate surface area is 145 Å². The summed E-state index contributed by atoms with van der Waals surface area (Å²) in [5, 5.41) is 10.0. The Morgan fingerprint density at radius 3 is 2.70 bits per heavy atom. The third kappa shape index (κ3) is 4.14. The Balaban J connectivity index is 1.69. The second kappa shape index (κ2) is 7.04. The topological polar surface area (TPSA) is 40.5 Å². The fourth-order valence-corrected chi connectivity index (χ4v) is 4.40. The highest BCUT2D eigenvalue weighted by Crippen LogP contribution is 2.31. The molecule has 122 valence electrons. The molecular weight excluding hydrogens is 330 g/mol. The van der Waals surface area contributed by atoms with E-state index >= 15 is 0 Å². The Kier molecular flexibility index (Phi) is 5.05. The van der Waals surface area contributed by atoms with Gasteiger partial charge in [0.05, 0.1) is 5.92 Å². The minimum absolute atomic E-state index is 0.241. The maximum absolute atomic E-state index is 11.3. The summed E-state index contributed by atoms with van der Waals surface area (Å²) in [5.74, 6) is -0.482. The highest BCUT2D eigenvalue weighted by Gasteiger charge is 2.29. The molecule has 2 aromatic rings. The number of thiophene rings is 1. The van der Waals surface area contributed by atoms with E-state index in [1.807, 2.05) is 24.3 Å². The van der Waals surface area contributed by atoms with Crippen LogP contribution in [-0.2, 0) is 11.3 Å². The molecule has 1 fully saturated rings. The van der Waals surface area contributed by atoms with Crippen molar-refractivity contribution in [3.63, 3.8) is 0 Å². The van der Waals surface area contributed by atoms with Gasteiger partial charge in [0, 0.05) is 34.4 Å². The van der Waals surface area contributed by atoms with Crippen molar-refractivity contribution < 1.29 is 9.90 Å². The first kappa shape index (κ1) is 16.5. The molecule has 2 heterocycles. The maximum atomic E-state index is 11.3. The van der Waals surface area contributed by atoms with Crippen molar-refractivity contribution in [2.24, 2.45) is 11.8 Å². The van der Waals surface area contributed by atoms with Crippen LogP contribution in [0.4, 0.5) is 0 Å². The number of halogens is 1. The lowest BCUT2D eigenvalue weighted by Crippen LogP contribution is -2.41. The van der Waals surface area contributed by atoms with Crippen molar-refractivity contribution in [2.75, 3.05) is 13.1 Å². The van der Waals surface area contributed by atoms with E-state index in [1.54, 1.807) is 11.3 Å². The zero-order valence-corrected chi connectivity index (χ0v) is 14.6. The Bertz CT molecular complexity index is 683. The number of piperidine rings is 1. The van der Waals surface area contributed by atoms with Crippen LogP contribution in [0.25, 0.3) is 10.4 Å². The molecule has 0 spiro atoms. The van der Waals surface area contributed by atoms with Crippen molar-refractivity contribution in [3.05, 3.63) is 46.3 Å². The van der Waals surface area contributed by atoms with Gasteiger partial charge in [0.15, 0.2) is 0 Å². The number of carbonyl (C=O) groups is 1. The number of aliphatic carboxylic acids is 1. The normalized spacial score (nSPS) is 22.2. The van der Waals surface area contributed by atoms with Crippen LogP contribution in [0.5, 0.6) is 0 Å². The molecule has 1 N–H and O–H groups in total. The number of hydrogen-bond acceptors (Lipinski definition) is 3. The smallest absolute Gasteiger partial charge is 0.307 e. The molecular formula is C18H20ClNO2S. The van der Waals surface area contributed by atoms with E-state index < -0.39 is 5.97 Å². The van der Waals surface area contributed by atoms with E-state index in [-0.39, 0.29) is 5.92 Å². The summed E-state index contributed by atoms with van der Waals surface area (Å²) < 4.78 is 0. The SMILES string of the molecule is CC1CC(C(=O)O)CN(Cc2ccc(-c3ccc(Cl)cc3)s2)C1. The molecule has 1 aliphatic heterocycles. The third-order valence-electron chi connectivity index (χ3n) is 4.25. The zero-order chi connectivity index (χ0) is 16.4. The van der Waals surface area contributed by atoms with Gasteiger partial charge in [-0.15, -0.1) is 11.3 Å². The number of likely N-dealkylation sites (tertiary alicyclic amines) is 1. The van der Waals surface area contributed by atoms with Gasteiger partial charge in [-0.1, -0.05) is 30.7 Å². The first-order valence-corrected chi connectivity index (χ1v) is 9.00. The van der Waals surface area contributed by atoms with Gasteiger partial charge < -0.3 is 5.11 Å². The van der Waals surface area contributed by atoms with Crippen molar-refractivity contribution in [3.8, 4) is 10.4 Å². The molecule has 1 aromatic heterocycles. The van der Waals surface area contributed by atoms with Gasteiger partial charge in [-0.05, 0) is 42.2 Å². The minimum Gasteiger partial charge on any atom is -0.481 e. The van der Waals surface area contributed by atoms with Crippen molar-refractivity contribution in [2.45, 2.75) is 19.9 Å². The van der Waals surface area contributed by atoms with Gasteiger partial charge in [-0.3, -0.25) is 9.69 Å². The van der Waals surface area contributed by atoms with Crippen molar-refractivity contribution >= 4 is 28.9 Å². The predicted molar refractivity (Wildman–Crippen MR) is 94.9 cm³/mol. The first-order valence-electron chi connectivity index (χ1n) is 7.81. The van der Waals surface area contributed by atoms with Crippen molar-refractivity contribution in [1.29, 1.82) is 0 Å². The largest absolute Gasteiger partial charge is 0.481 e. The molecule has 2 atom stereocenters. The van der Waals surface area contributed by atoms with E-state index in [0.29, 0.717) is 12.5 Å². The first-order chi connectivity index (χ1) is 11.0. The third-order valence-corrected chi connectivity index (χ3v) is 5.63. The summed E-state index contributed by atoms with van der Waals surface area (Å²) in [5.41, 5.74) is 1.17. The second-order valence-corrected chi connectivity index (χ2v) is 7.95. The van der Waals surface area contributed by atoms with Crippen LogP contribution in [0.1, 0.15) is 18.2 Å². The molecule has 1 saturated heterocycles. The molecule has 0 saturated carbocycles. The Morgan fingerprint density at radius 1 is 1.26 bits per heavy atom. The van der Waals surface area contributed by atoms with E-state index in [1.165, 1.54) is 15.3 Å². The zero-order valence-electron chi connectivity index (χ0n) is 13.0. The highest BCUT2D eigenvalue weighted by atomic mass is 35.5. The van der Waals surface area contributed by atoms with Crippen LogP contribution in [0.3, 0.4) is 0 Å². The lowest BCUT2D eigenvalue weighted by molar-refractivity contribution is -0.144. The summed E-state index contributed by atoms with van der Waals surface area (Å²) >= 11 is 7.70. The molecule has 0 radical (unpaired) electrons. The monoisotopic (exact) mass is 349 g/mol. The van der Waals surface area contributed by atoms with E-state index in [9.17, 15) is 9.90 Å². The standard InChI is InChI=1S/C18H20ClNO2S/c1-12-8-14(18(21)22)10-20(9-12)11-16-6-7-17(23-16)13-2-4-15(19)5-3-13/h2-7,12,14H,8-11H2,1H3,(H,21,22). The predicted octanol–water partition coefficient (Wildman–Crippen LogP) is 4.61. The average molecular weight is 350 g/mol. The van der Waals surface area contributed by atoms with Crippen LogP contribution in [0.2, 0.25) is 5.02 Å². The van der Waals surface area contributed by atoms with Gasteiger partial charge in [-0.2, -0.15) is 0 Å². The number of benzene rings is 1. The lowest BCUT2D eigenvalue weighted by Gasteiger charge is -2.34. The molecule has 23 heavy (non-hydrogen) atoms. The van der Waals surface area contributed by atoms with Crippen molar-refractivity contribution in [1.82, 2.24) is 4.90 Å². The summed E-state index contributed by atoms with van der Waals surface area (Å²) in [4.78, 5) is 16.0. The summed E-state index contributed by atoms with van der Waals surface area (Å²) in [6.07, 6.45) is 0.784. The number of nitrogens with zero attached hydrogens (tertiary/aromatic N) is 1. The van der Waals surface area contributed by atoms with Gasteiger partial charge >= 0.3 is 5.97 Å². The Morgan fingerprint density at radius 2 is 2.00 bits per heavy atom. The molecule has 0 bridgehead atoms. The van der Waals surface area contributed by atoms with E-state index in [4.69, 9.17) is 11.6 Å². The fourth-order valence-electron chi connectivity index (χ4n) is 3.22. The molecule has 0 aliphatic carbocycles. The fraction of sp³-hybridized carbons (Fsp3) is 0.389. The molecule has 3 rings (SSSR count). The molecule has 0 amide bonds. The van der Waals surface area contributed by atoms with Crippen LogP contribution in [-0.4, -0.2) is 29.1 Å². The second-order valence-electron chi connectivity index (χ2n) is 6.34. The summed E-state index contributed by atoms with van der Waals surface area (Å²) in [7, 11) is 0. The summed E-state index contributed by atoms with van der Waals surface area (Å²) in [6, 6.07) is 12.1. The molecule has 5 heteroatoms. The summed E-state index contributed by atoms with van der Waals surface area (Å²) in [6.45, 7) is 4.58. The van der Waals surface area contributed by atoms with Gasteiger partial charge in [-0.25, -0.2) is 0 Å². The molecule has 1 aliphatic rings. The quantitative estimate of drug-likeness (QED) is 0.876. The lowest BCUT2D eigenvalue weighted by atomic mass is 9.90. The maximum Gasteiger partial charge on any atom is 0.307 e. The molecule has 3 nitrogen and oxygen atoms in total. The molecule has 2 unspecified atom stereocenters. The minimum atomic E-state index is -0.672. The van der Waals surface area contributed by atoms with Gasteiger partial charge in [0.25, 0.3) is 0 Å². The molecule has 1 aromatic carbocycles. The average Bonchev–Trinajstić information content (AvgIpc) is 2.95. The van der Waals surface area contributed by atoms with Gasteiger partial charge in [0.1, 0.15) is 0 Å². The van der Waals surface area contributed by atoms with E-state index in [2.05, 4.69) is 24.0 Å². The number of carboxylic acid groups (broad SMARTS) is 1. The number of rotatable bonds is 4. The van der Waals surface area contributed by atoms with Gasteiger partial charge in [0.2, 0.25) is 0 Å². The Hall–Kier alpha value is -1.36.